The van der Waals surface area contributed by atoms with Crippen LogP contribution in [0.1, 0.15) is 36.5 Å². The Balaban J connectivity index is 2.33. The lowest BCUT2D eigenvalue weighted by Crippen LogP contribution is -2.14. The molecule has 0 bridgehead atoms. The molecule has 0 heterocycles. The topological polar surface area (TPSA) is 46.5 Å². The van der Waals surface area contributed by atoms with Crippen LogP contribution in [0.3, 0.4) is 0 Å². The van der Waals surface area contributed by atoms with E-state index in [0.717, 1.165) is 36.0 Å². The fraction of sp³-hybridized carbons (Fsp3) is 0.333. The van der Waals surface area contributed by atoms with Gasteiger partial charge in [-0.05, 0) is 55.5 Å². The van der Waals surface area contributed by atoms with Crippen LogP contribution in [0.15, 0.2) is 42.5 Å². The Morgan fingerprint density at radius 1 is 1.09 bits per heavy atom. The van der Waals surface area contributed by atoms with Gasteiger partial charge in [-0.1, -0.05) is 43.7 Å². The second-order valence-electron chi connectivity index (χ2n) is 5.54. The van der Waals surface area contributed by atoms with Crippen LogP contribution in [-0.2, 0) is 11.0 Å². The molecule has 0 aromatic heterocycles. The molecule has 0 aliphatic rings. The first-order valence-corrected chi connectivity index (χ1v) is 9.20. The molecule has 0 saturated carbocycles. The van der Waals surface area contributed by atoms with Crippen molar-refractivity contribution in [3.63, 3.8) is 0 Å². The quantitative estimate of drug-likeness (QED) is 0.796. The molecule has 22 heavy (non-hydrogen) atoms. The van der Waals surface area contributed by atoms with E-state index in [0.29, 0.717) is 11.1 Å². The summed E-state index contributed by atoms with van der Waals surface area (Å²) < 4.78 is 18.3. The highest BCUT2D eigenvalue weighted by atomic mass is 31.2. The van der Waals surface area contributed by atoms with Crippen molar-refractivity contribution in [1.82, 2.24) is 0 Å². The van der Waals surface area contributed by atoms with Crippen molar-refractivity contribution in [2.45, 2.75) is 40.0 Å². The number of rotatable bonds is 6. The summed E-state index contributed by atoms with van der Waals surface area (Å²) in [6.45, 7) is 5.89. The monoisotopic (exact) mass is 318 g/mol. The van der Waals surface area contributed by atoms with Gasteiger partial charge in [0, 0.05) is 0 Å². The zero-order chi connectivity index (χ0) is 16.2. The van der Waals surface area contributed by atoms with E-state index < -0.39 is 7.60 Å². The first-order chi connectivity index (χ1) is 10.5. The predicted molar refractivity (Wildman–Crippen MR) is 91.1 cm³/mol. The molecule has 3 nitrogen and oxygen atoms in total. The van der Waals surface area contributed by atoms with Gasteiger partial charge in [0.05, 0.1) is 5.30 Å². The first-order valence-electron chi connectivity index (χ1n) is 7.62. The van der Waals surface area contributed by atoms with E-state index >= 15 is 0 Å². The Bertz CT molecular complexity index is 694. The van der Waals surface area contributed by atoms with Crippen molar-refractivity contribution in [1.29, 1.82) is 0 Å². The molecule has 1 N–H and O–H groups in total. The van der Waals surface area contributed by atoms with Crippen LogP contribution in [0, 0.1) is 13.8 Å². The third-order valence-electron chi connectivity index (χ3n) is 3.87. The molecule has 2 aromatic carbocycles. The highest BCUT2D eigenvalue weighted by Crippen LogP contribution is 2.44. The van der Waals surface area contributed by atoms with Gasteiger partial charge in [-0.15, -0.1) is 0 Å². The summed E-state index contributed by atoms with van der Waals surface area (Å²) >= 11 is 0. The number of para-hydroxylation sites is 1. The van der Waals surface area contributed by atoms with Crippen LogP contribution in [0.5, 0.6) is 5.75 Å². The lowest BCUT2D eigenvalue weighted by molar-refractivity contribution is 0.391. The molecule has 2 aromatic rings. The number of hydrogen-bond acceptors (Lipinski definition) is 2. The molecule has 0 radical (unpaired) electrons. The molecule has 118 valence electrons. The summed E-state index contributed by atoms with van der Waals surface area (Å²) in [6, 6.07) is 12.8. The highest BCUT2D eigenvalue weighted by Gasteiger charge is 2.27. The average Bonchev–Trinajstić information content (AvgIpc) is 2.48. The second kappa shape index (κ2) is 7.13. The van der Waals surface area contributed by atoms with Crippen LogP contribution >= 0.6 is 7.60 Å². The van der Waals surface area contributed by atoms with Crippen molar-refractivity contribution in [3.8, 4) is 5.75 Å². The van der Waals surface area contributed by atoms with Crippen molar-refractivity contribution in [2.75, 3.05) is 0 Å². The maximum atomic E-state index is 12.7. The van der Waals surface area contributed by atoms with Crippen molar-refractivity contribution in [2.24, 2.45) is 0 Å². The molecule has 0 fully saturated rings. The molecule has 2 rings (SSSR count). The molecule has 0 spiro atoms. The molecule has 0 saturated heterocycles. The minimum Gasteiger partial charge on any atom is -0.421 e. The molecule has 0 amide bonds. The van der Waals surface area contributed by atoms with E-state index in [9.17, 15) is 9.46 Å². The van der Waals surface area contributed by atoms with E-state index in [2.05, 4.69) is 6.92 Å². The van der Waals surface area contributed by atoms with Gasteiger partial charge in [0.2, 0.25) is 0 Å². The van der Waals surface area contributed by atoms with Gasteiger partial charge in [0.1, 0.15) is 5.75 Å². The SMILES string of the molecule is CCCCc1ccccc1OP(=O)(O)c1cccc(C)c1C. The minimum atomic E-state index is -3.89. The fourth-order valence-corrected chi connectivity index (χ4v) is 3.81. The molecule has 1 unspecified atom stereocenters. The summed E-state index contributed by atoms with van der Waals surface area (Å²) in [5.74, 6) is 0.502. The van der Waals surface area contributed by atoms with Gasteiger partial charge in [0.15, 0.2) is 0 Å². The summed E-state index contributed by atoms with van der Waals surface area (Å²) in [7, 11) is -3.89. The Labute approximate surface area is 132 Å². The zero-order valence-electron chi connectivity index (χ0n) is 13.4. The van der Waals surface area contributed by atoms with E-state index in [1.54, 1.807) is 18.2 Å². The van der Waals surface area contributed by atoms with Crippen molar-refractivity contribution in [3.05, 3.63) is 59.2 Å². The van der Waals surface area contributed by atoms with Gasteiger partial charge >= 0.3 is 7.60 Å². The van der Waals surface area contributed by atoms with Crippen molar-refractivity contribution >= 4 is 12.9 Å². The van der Waals surface area contributed by atoms with E-state index in [1.807, 2.05) is 38.1 Å². The molecule has 4 heteroatoms. The summed E-state index contributed by atoms with van der Waals surface area (Å²) in [5, 5.41) is 0.373. The Morgan fingerprint density at radius 3 is 2.55 bits per heavy atom. The highest BCUT2D eigenvalue weighted by molar-refractivity contribution is 7.61. The zero-order valence-corrected chi connectivity index (χ0v) is 14.3. The average molecular weight is 318 g/mol. The van der Waals surface area contributed by atoms with Crippen LogP contribution in [0.4, 0.5) is 0 Å². The first kappa shape index (κ1) is 16.8. The maximum Gasteiger partial charge on any atom is 0.408 e. The van der Waals surface area contributed by atoms with Gasteiger partial charge in [0.25, 0.3) is 0 Å². The molecule has 0 aliphatic carbocycles. The van der Waals surface area contributed by atoms with Crippen LogP contribution in [0.2, 0.25) is 0 Å². The number of benzene rings is 2. The number of unbranched alkanes of at least 4 members (excludes halogenated alkanes) is 1. The van der Waals surface area contributed by atoms with E-state index in [1.165, 1.54) is 0 Å². The standard InChI is InChI=1S/C18H23O3P/c1-4-5-10-16-11-6-7-12-17(16)21-22(19,20)18-13-8-9-14(2)15(18)3/h6-9,11-13H,4-5,10H2,1-3H3,(H,19,20). The van der Waals surface area contributed by atoms with Gasteiger partial charge < -0.3 is 9.42 Å². The Hall–Kier alpha value is -1.57. The smallest absolute Gasteiger partial charge is 0.408 e. The second-order valence-corrected chi connectivity index (χ2v) is 7.25. The molecular weight excluding hydrogens is 295 g/mol. The van der Waals surface area contributed by atoms with E-state index in [4.69, 9.17) is 4.52 Å². The van der Waals surface area contributed by atoms with Crippen LogP contribution in [0.25, 0.3) is 0 Å². The minimum absolute atomic E-state index is 0.373. The predicted octanol–water partition coefficient (Wildman–Crippen LogP) is 4.54. The third kappa shape index (κ3) is 3.79. The van der Waals surface area contributed by atoms with Crippen molar-refractivity contribution < 1.29 is 14.0 Å². The maximum absolute atomic E-state index is 12.7. The normalized spacial score (nSPS) is 13.6. The number of aryl methyl sites for hydroxylation is 2. The molecule has 1 atom stereocenters. The van der Waals surface area contributed by atoms with E-state index in [-0.39, 0.29) is 0 Å². The lowest BCUT2D eigenvalue weighted by atomic mass is 10.1. The molecular formula is C18H23O3P. The summed E-state index contributed by atoms with van der Waals surface area (Å²) in [4.78, 5) is 10.4. The van der Waals surface area contributed by atoms with Gasteiger partial charge in [-0.3, -0.25) is 0 Å². The summed E-state index contributed by atoms with van der Waals surface area (Å²) in [6.07, 6.45) is 2.95. The number of hydrogen-bond donors (Lipinski definition) is 1. The summed E-state index contributed by atoms with van der Waals surface area (Å²) in [5.41, 5.74) is 2.76. The van der Waals surface area contributed by atoms with Gasteiger partial charge in [-0.25, -0.2) is 4.57 Å². The van der Waals surface area contributed by atoms with Crippen LogP contribution in [-0.4, -0.2) is 4.89 Å². The Kier molecular flexibility index (Phi) is 5.44. The largest absolute Gasteiger partial charge is 0.421 e. The van der Waals surface area contributed by atoms with Gasteiger partial charge in [-0.2, -0.15) is 0 Å². The van der Waals surface area contributed by atoms with Crippen LogP contribution < -0.4 is 9.83 Å². The fourth-order valence-electron chi connectivity index (χ4n) is 2.39. The molecule has 0 aliphatic heterocycles. The third-order valence-corrected chi connectivity index (χ3v) is 5.41. The lowest BCUT2D eigenvalue weighted by Gasteiger charge is -2.18. The Morgan fingerprint density at radius 2 is 1.82 bits per heavy atom.